The molecule has 1 fully saturated rings. The van der Waals surface area contributed by atoms with E-state index in [-0.39, 0.29) is 61.9 Å². The predicted molar refractivity (Wildman–Crippen MR) is 121 cm³/mol. The number of benzene rings is 1. The van der Waals surface area contributed by atoms with Crippen molar-refractivity contribution in [3.05, 3.63) is 51.5 Å². The number of aromatic hydroxyl groups is 1. The van der Waals surface area contributed by atoms with Crippen LogP contribution in [0.3, 0.4) is 0 Å². The normalized spacial score (nSPS) is 18.7. The van der Waals surface area contributed by atoms with Gasteiger partial charge >= 0.3 is 0 Å². The number of hydrogen-bond acceptors (Lipinski definition) is 8. The first-order valence-electron chi connectivity index (χ1n) is 11.1. The molecule has 0 aliphatic carbocycles. The van der Waals surface area contributed by atoms with Crippen LogP contribution < -0.4 is 10.9 Å². The minimum absolute atomic E-state index is 0.116. The molecule has 0 bridgehead atoms. The van der Waals surface area contributed by atoms with Gasteiger partial charge in [0.1, 0.15) is 17.2 Å². The molecule has 1 aromatic heterocycles. The molecule has 1 amide bonds. The van der Waals surface area contributed by atoms with Crippen LogP contribution in [0.4, 0.5) is 4.39 Å². The van der Waals surface area contributed by atoms with Gasteiger partial charge in [0.05, 0.1) is 24.2 Å². The van der Waals surface area contributed by atoms with Crippen molar-refractivity contribution in [3.8, 4) is 5.75 Å². The molecule has 0 spiro atoms. The van der Waals surface area contributed by atoms with Crippen LogP contribution >= 0.6 is 0 Å². The van der Waals surface area contributed by atoms with E-state index in [1.165, 1.54) is 14.9 Å². The van der Waals surface area contributed by atoms with Crippen molar-refractivity contribution in [1.29, 1.82) is 0 Å². The van der Waals surface area contributed by atoms with Crippen molar-refractivity contribution in [1.82, 2.24) is 19.2 Å². The topological polar surface area (TPSA) is 151 Å². The van der Waals surface area contributed by atoms with Gasteiger partial charge in [-0.2, -0.15) is 4.31 Å². The fourth-order valence-corrected chi connectivity index (χ4v) is 5.75. The van der Waals surface area contributed by atoms with E-state index in [0.29, 0.717) is 0 Å². The lowest BCUT2D eigenvalue weighted by molar-refractivity contribution is -0.0566. The highest BCUT2D eigenvalue weighted by Crippen LogP contribution is 2.27. The molecule has 0 atom stereocenters. The standard InChI is InChI=1S/C22H27FN4O7S/c1-22(2)21-25-17(18(29)20(31)27(21)7-8-34-22)19(30)24-12-13-9-14(23)11-16(10-13)35(32,33)26-5-3-15(28)4-6-26/h9-11,15,28-29H,3-8,12H2,1-2H3,(H,24,30). The van der Waals surface area contributed by atoms with Gasteiger partial charge in [-0.1, -0.05) is 0 Å². The molecule has 1 saturated heterocycles. The Morgan fingerprint density at radius 1 is 1.26 bits per heavy atom. The van der Waals surface area contributed by atoms with Crippen LogP contribution in [0, 0.1) is 5.82 Å². The lowest BCUT2D eigenvalue weighted by Crippen LogP contribution is -2.42. The van der Waals surface area contributed by atoms with E-state index < -0.39 is 50.5 Å². The van der Waals surface area contributed by atoms with Crippen LogP contribution in [0.1, 0.15) is 48.6 Å². The highest BCUT2D eigenvalue weighted by molar-refractivity contribution is 7.89. The quantitative estimate of drug-likeness (QED) is 0.524. The third-order valence-electron chi connectivity index (χ3n) is 6.12. The second-order valence-corrected chi connectivity index (χ2v) is 11.0. The zero-order chi connectivity index (χ0) is 25.5. The highest BCUT2D eigenvalue weighted by atomic mass is 32.2. The van der Waals surface area contributed by atoms with E-state index >= 15 is 0 Å². The number of fused-ring (bicyclic) bond motifs is 1. The molecule has 4 rings (SSSR count). The molecule has 13 heteroatoms. The summed E-state index contributed by atoms with van der Waals surface area (Å²) in [5.41, 5.74) is -2.08. The molecule has 11 nitrogen and oxygen atoms in total. The summed E-state index contributed by atoms with van der Waals surface area (Å²) in [6.45, 7) is 3.74. The van der Waals surface area contributed by atoms with Gasteiger partial charge in [-0.05, 0) is 50.5 Å². The summed E-state index contributed by atoms with van der Waals surface area (Å²) in [7, 11) is -4.00. The Bertz CT molecular complexity index is 1320. The number of aliphatic hydroxyl groups excluding tert-OH is 1. The van der Waals surface area contributed by atoms with E-state index in [0.717, 1.165) is 12.1 Å². The van der Waals surface area contributed by atoms with Crippen molar-refractivity contribution in [2.24, 2.45) is 0 Å². The molecule has 1 aromatic carbocycles. The Hall–Kier alpha value is -2.87. The van der Waals surface area contributed by atoms with E-state index in [1.807, 2.05) is 0 Å². The smallest absolute Gasteiger partial charge is 0.296 e. The molecular weight excluding hydrogens is 483 g/mol. The van der Waals surface area contributed by atoms with E-state index in [1.54, 1.807) is 13.8 Å². The largest absolute Gasteiger partial charge is 0.501 e. The zero-order valence-corrected chi connectivity index (χ0v) is 20.1. The lowest BCUT2D eigenvalue weighted by atomic mass is 10.1. The van der Waals surface area contributed by atoms with Gasteiger partial charge < -0.3 is 20.3 Å². The van der Waals surface area contributed by atoms with Gasteiger partial charge in [0.25, 0.3) is 11.5 Å². The summed E-state index contributed by atoms with van der Waals surface area (Å²) >= 11 is 0. The van der Waals surface area contributed by atoms with E-state index in [2.05, 4.69) is 10.3 Å². The van der Waals surface area contributed by atoms with E-state index in [9.17, 15) is 32.6 Å². The summed E-state index contributed by atoms with van der Waals surface area (Å²) in [6, 6.07) is 3.21. The Kier molecular flexibility index (Phi) is 6.70. The van der Waals surface area contributed by atoms with Crippen LogP contribution in [-0.4, -0.2) is 64.2 Å². The van der Waals surface area contributed by atoms with Crippen LogP contribution in [0.25, 0.3) is 0 Å². The summed E-state index contributed by atoms with van der Waals surface area (Å²) in [4.78, 5) is 29.2. The fourth-order valence-electron chi connectivity index (χ4n) is 4.20. The van der Waals surface area contributed by atoms with E-state index in [4.69, 9.17) is 4.74 Å². The minimum atomic E-state index is -4.00. The Balaban J connectivity index is 1.56. The first kappa shape index (κ1) is 25.2. The number of sulfonamides is 1. The number of rotatable bonds is 5. The maximum atomic E-state index is 14.3. The van der Waals surface area contributed by atoms with Gasteiger partial charge in [0, 0.05) is 19.6 Å². The SMILES string of the molecule is CC1(C)OCCn2c1nc(C(=O)NCc1cc(F)cc(S(=O)(=O)N3CCC(O)CC3)c1)c(O)c2=O. The van der Waals surface area contributed by atoms with Gasteiger partial charge in [-0.3, -0.25) is 14.2 Å². The maximum Gasteiger partial charge on any atom is 0.296 e. The van der Waals surface area contributed by atoms with Crippen LogP contribution in [0.5, 0.6) is 5.75 Å². The molecule has 3 heterocycles. The number of ether oxygens (including phenoxy) is 1. The third kappa shape index (κ3) is 4.94. The van der Waals surface area contributed by atoms with Crippen molar-refractivity contribution >= 4 is 15.9 Å². The Labute approximate surface area is 201 Å². The highest BCUT2D eigenvalue weighted by Gasteiger charge is 2.34. The second-order valence-electron chi connectivity index (χ2n) is 9.06. The summed E-state index contributed by atoms with van der Waals surface area (Å²) in [5.74, 6) is -2.33. The first-order chi connectivity index (χ1) is 16.4. The number of carbonyl (C=O) groups excluding carboxylic acids is 1. The number of nitrogens with zero attached hydrogens (tertiary/aromatic N) is 3. The molecule has 2 aromatic rings. The number of aromatic nitrogens is 2. The molecule has 2 aliphatic heterocycles. The van der Waals surface area contributed by atoms with Gasteiger partial charge in [-0.15, -0.1) is 0 Å². The van der Waals surface area contributed by atoms with Gasteiger partial charge in [0.15, 0.2) is 5.69 Å². The average molecular weight is 511 g/mol. The Morgan fingerprint density at radius 3 is 2.63 bits per heavy atom. The third-order valence-corrected chi connectivity index (χ3v) is 8.00. The summed E-state index contributed by atoms with van der Waals surface area (Å²) in [5, 5.41) is 22.4. The number of carbonyl (C=O) groups is 1. The number of nitrogens with one attached hydrogen (secondary N) is 1. The number of aliphatic hydroxyl groups is 1. The van der Waals surface area contributed by atoms with Crippen LogP contribution in [0.2, 0.25) is 0 Å². The second kappa shape index (κ2) is 9.30. The number of amides is 1. The molecule has 35 heavy (non-hydrogen) atoms. The molecule has 0 saturated carbocycles. The summed E-state index contributed by atoms with van der Waals surface area (Å²) < 4.78 is 48.2. The van der Waals surface area contributed by atoms with Crippen LogP contribution in [-0.2, 0) is 33.5 Å². The number of halogens is 1. The molecule has 0 radical (unpaired) electrons. The maximum absolute atomic E-state index is 14.3. The number of piperidine rings is 1. The van der Waals surface area contributed by atoms with Crippen molar-refractivity contribution in [2.75, 3.05) is 19.7 Å². The van der Waals surface area contributed by atoms with Crippen molar-refractivity contribution < 1.29 is 32.6 Å². The van der Waals surface area contributed by atoms with Crippen LogP contribution in [0.15, 0.2) is 27.9 Å². The monoisotopic (exact) mass is 510 g/mol. The molecule has 190 valence electrons. The van der Waals surface area contributed by atoms with Gasteiger partial charge in [0.2, 0.25) is 15.8 Å². The van der Waals surface area contributed by atoms with Crippen molar-refractivity contribution in [2.45, 2.75) is 56.4 Å². The molecule has 3 N–H and O–H groups in total. The average Bonchev–Trinajstić information content (AvgIpc) is 2.80. The first-order valence-corrected chi connectivity index (χ1v) is 12.6. The lowest BCUT2D eigenvalue weighted by Gasteiger charge is -2.32. The number of hydrogen-bond donors (Lipinski definition) is 3. The fraction of sp³-hybridized carbons (Fsp3) is 0.500. The molecule has 0 unspecified atom stereocenters. The predicted octanol–water partition coefficient (Wildman–Crippen LogP) is 0.429. The minimum Gasteiger partial charge on any atom is -0.501 e. The molecular formula is C22H27FN4O7S. The summed E-state index contributed by atoms with van der Waals surface area (Å²) in [6.07, 6.45) is 0.00571. The molecule has 2 aliphatic rings. The Morgan fingerprint density at radius 2 is 1.94 bits per heavy atom. The van der Waals surface area contributed by atoms with Gasteiger partial charge in [-0.25, -0.2) is 17.8 Å². The van der Waals surface area contributed by atoms with Crippen molar-refractivity contribution in [3.63, 3.8) is 0 Å². The zero-order valence-electron chi connectivity index (χ0n) is 19.3.